The number of aromatic amines is 1. The summed E-state index contributed by atoms with van der Waals surface area (Å²) in [5.74, 6) is 0.401. The van der Waals surface area contributed by atoms with Gasteiger partial charge in [-0.1, -0.05) is 11.6 Å². The van der Waals surface area contributed by atoms with Crippen LogP contribution in [0.4, 0.5) is 0 Å². The van der Waals surface area contributed by atoms with Crippen molar-refractivity contribution in [2.24, 2.45) is 0 Å². The van der Waals surface area contributed by atoms with Crippen molar-refractivity contribution in [3.8, 4) is 11.4 Å². The van der Waals surface area contributed by atoms with E-state index in [0.717, 1.165) is 5.56 Å². The first-order chi connectivity index (χ1) is 13.2. The average molecular weight is 445 g/mol. The van der Waals surface area contributed by atoms with Gasteiger partial charge in [-0.2, -0.15) is 22.1 Å². The highest BCUT2D eigenvalue weighted by molar-refractivity contribution is 7.86. The van der Waals surface area contributed by atoms with E-state index in [0.29, 0.717) is 28.7 Å². The number of carbonyl (C=O) groups excluding carboxylic acids is 1. The predicted octanol–water partition coefficient (Wildman–Crippen LogP) is 1.21. The number of piperazine rings is 1. The van der Waals surface area contributed by atoms with Gasteiger partial charge in [0.2, 0.25) is 5.91 Å². The molecular weight excluding hydrogens is 424 g/mol. The lowest BCUT2D eigenvalue weighted by molar-refractivity contribution is -0.133. The Balaban J connectivity index is 1.71. The molecular formula is C16H21ClN6O3S2. The fraction of sp³-hybridized carbons (Fsp3) is 0.438. The zero-order valence-corrected chi connectivity index (χ0v) is 17.9. The molecule has 1 aromatic heterocycles. The third-order valence-corrected chi connectivity index (χ3v) is 7.04. The second-order valence-electron chi connectivity index (χ2n) is 6.52. The Kier molecular flexibility index (Phi) is 6.20. The van der Waals surface area contributed by atoms with E-state index in [-0.39, 0.29) is 25.5 Å². The standard InChI is InChI=1S/C16H21ClN6O3S2/c1-20(2)28(25,26)22-9-7-21(8-10-22)14(24)11-23-15(18-19-16(23)27)12-3-5-13(17)6-4-12/h3-6H,7-11H2,1-2H3,(H,19,27). The molecule has 0 bridgehead atoms. The summed E-state index contributed by atoms with van der Waals surface area (Å²) in [6, 6.07) is 7.09. The van der Waals surface area contributed by atoms with Crippen LogP contribution in [0, 0.1) is 4.77 Å². The zero-order valence-electron chi connectivity index (χ0n) is 15.5. The fourth-order valence-corrected chi connectivity index (χ4v) is 4.33. The molecule has 9 nitrogen and oxygen atoms in total. The van der Waals surface area contributed by atoms with Gasteiger partial charge in [-0.15, -0.1) is 0 Å². The molecule has 0 unspecified atom stereocenters. The van der Waals surface area contributed by atoms with E-state index in [1.165, 1.54) is 22.7 Å². The minimum atomic E-state index is -3.47. The predicted molar refractivity (Wildman–Crippen MR) is 109 cm³/mol. The maximum absolute atomic E-state index is 12.8. The molecule has 2 heterocycles. The van der Waals surface area contributed by atoms with Gasteiger partial charge in [0.05, 0.1) is 0 Å². The van der Waals surface area contributed by atoms with E-state index >= 15 is 0 Å². The molecule has 0 spiro atoms. The molecule has 0 aliphatic carbocycles. The van der Waals surface area contributed by atoms with E-state index in [2.05, 4.69) is 10.2 Å². The highest BCUT2D eigenvalue weighted by atomic mass is 35.5. The molecule has 2 aromatic rings. The zero-order chi connectivity index (χ0) is 20.5. The highest BCUT2D eigenvalue weighted by Crippen LogP contribution is 2.20. The molecule has 1 aliphatic rings. The summed E-state index contributed by atoms with van der Waals surface area (Å²) in [7, 11) is -0.487. The number of carbonyl (C=O) groups is 1. The summed E-state index contributed by atoms with van der Waals surface area (Å²) >= 11 is 11.2. The topological polar surface area (TPSA) is 94.5 Å². The van der Waals surface area contributed by atoms with Gasteiger partial charge < -0.3 is 4.90 Å². The normalized spacial score (nSPS) is 15.9. The molecule has 1 N–H and O–H groups in total. The Morgan fingerprint density at radius 1 is 1.21 bits per heavy atom. The molecule has 1 aromatic carbocycles. The number of rotatable bonds is 5. The molecule has 1 fully saturated rings. The van der Waals surface area contributed by atoms with Gasteiger partial charge in [-0.3, -0.25) is 14.5 Å². The Hall–Kier alpha value is -1.79. The lowest BCUT2D eigenvalue weighted by atomic mass is 10.2. The molecule has 1 aliphatic heterocycles. The summed E-state index contributed by atoms with van der Waals surface area (Å²) in [4.78, 5) is 14.4. The fourth-order valence-electron chi connectivity index (χ4n) is 2.92. The first-order valence-electron chi connectivity index (χ1n) is 8.56. The van der Waals surface area contributed by atoms with Gasteiger partial charge in [0.25, 0.3) is 10.2 Å². The van der Waals surface area contributed by atoms with Crippen LogP contribution in [0.1, 0.15) is 0 Å². The molecule has 0 atom stereocenters. The number of nitrogens with zero attached hydrogens (tertiary/aromatic N) is 5. The minimum absolute atomic E-state index is 0.0216. The second-order valence-corrected chi connectivity index (χ2v) is 9.48. The van der Waals surface area contributed by atoms with Crippen molar-refractivity contribution in [2.45, 2.75) is 6.54 Å². The lowest BCUT2D eigenvalue weighted by Gasteiger charge is -2.35. The third-order valence-electron chi connectivity index (χ3n) is 4.53. The molecule has 1 amide bonds. The number of halogens is 1. The van der Waals surface area contributed by atoms with Crippen LogP contribution in [0.25, 0.3) is 11.4 Å². The summed E-state index contributed by atoms with van der Waals surface area (Å²) < 4.78 is 28.9. The van der Waals surface area contributed by atoms with E-state index in [1.807, 2.05) is 0 Å². The van der Waals surface area contributed by atoms with Crippen molar-refractivity contribution in [3.63, 3.8) is 0 Å². The summed E-state index contributed by atoms with van der Waals surface area (Å²) in [6.45, 7) is 1.19. The number of aromatic nitrogens is 3. The Bertz CT molecular complexity index is 1010. The van der Waals surface area contributed by atoms with Crippen molar-refractivity contribution in [1.29, 1.82) is 0 Å². The van der Waals surface area contributed by atoms with Crippen LogP contribution < -0.4 is 0 Å². The maximum Gasteiger partial charge on any atom is 0.281 e. The minimum Gasteiger partial charge on any atom is -0.338 e. The van der Waals surface area contributed by atoms with Crippen LogP contribution in [-0.4, -0.2) is 82.9 Å². The van der Waals surface area contributed by atoms with Crippen molar-refractivity contribution in [3.05, 3.63) is 34.1 Å². The average Bonchev–Trinajstić information content (AvgIpc) is 3.03. The quantitative estimate of drug-likeness (QED) is 0.699. The Labute approximate surface area is 173 Å². The summed E-state index contributed by atoms with van der Waals surface area (Å²) in [5.41, 5.74) is 0.784. The monoisotopic (exact) mass is 444 g/mol. The van der Waals surface area contributed by atoms with Gasteiger partial charge in [0, 0.05) is 50.9 Å². The number of hydrogen-bond acceptors (Lipinski definition) is 5. The molecule has 28 heavy (non-hydrogen) atoms. The van der Waals surface area contributed by atoms with Gasteiger partial charge in [-0.25, -0.2) is 0 Å². The number of benzene rings is 1. The van der Waals surface area contributed by atoms with Crippen molar-refractivity contribution in [2.75, 3.05) is 40.3 Å². The number of hydrogen-bond donors (Lipinski definition) is 1. The Morgan fingerprint density at radius 3 is 2.39 bits per heavy atom. The highest BCUT2D eigenvalue weighted by Gasteiger charge is 2.30. The van der Waals surface area contributed by atoms with Crippen LogP contribution in [0.3, 0.4) is 0 Å². The summed E-state index contributed by atoms with van der Waals surface area (Å²) in [6.07, 6.45) is 0. The molecule has 0 saturated carbocycles. The maximum atomic E-state index is 12.8. The van der Waals surface area contributed by atoms with Gasteiger partial charge in [0.15, 0.2) is 10.6 Å². The second kappa shape index (κ2) is 8.29. The van der Waals surface area contributed by atoms with Gasteiger partial charge in [-0.05, 0) is 36.5 Å². The SMILES string of the molecule is CN(C)S(=O)(=O)N1CCN(C(=O)Cn2c(-c3ccc(Cl)cc3)n[nH]c2=S)CC1. The van der Waals surface area contributed by atoms with Crippen LogP contribution in [-0.2, 0) is 21.5 Å². The largest absolute Gasteiger partial charge is 0.338 e. The molecule has 1 saturated heterocycles. The summed E-state index contributed by atoms with van der Waals surface area (Å²) in [5, 5.41) is 7.54. The molecule has 152 valence electrons. The number of amides is 1. The van der Waals surface area contributed by atoms with Crippen LogP contribution in [0.2, 0.25) is 5.02 Å². The van der Waals surface area contributed by atoms with Crippen molar-refractivity contribution >= 4 is 39.9 Å². The van der Waals surface area contributed by atoms with Crippen molar-refractivity contribution in [1.82, 2.24) is 28.3 Å². The number of nitrogens with one attached hydrogen (secondary N) is 1. The molecule has 12 heteroatoms. The number of H-pyrrole nitrogens is 1. The Morgan fingerprint density at radius 2 is 1.82 bits per heavy atom. The first-order valence-corrected chi connectivity index (χ1v) is 10.7. The van der Waals surface area contributed by atoms with E-state index < -0.39 is 10.2 Å². The van der Waals surface area contributed by atoms with Gasteiger partial charge >= 0.3 is 0 Å². The molecule has 0 radical (unpaired) electrons. The first kappa shape index (κ1) is 20.9. The van der Waals surface area contributed by atoms with Crippen LogP contribution in [0.15, 0.2) is 24.3 Å². The van der Waals surface area contributed by atoms with Gasteiger partial charge in [0.1, 0.15) is 6.54 Å². The van der Waals surface area contributed by atoms with E-state index in [4.69, 9.17) is 23.8 Å². The van der Waals surface area contributed by atoms with Crippen LogP contribution in [0.5, 0.6) is 0 Å². The molecule has 3 rings (SSSR count). The van der Waals surface area contributed by atoms with E-state index in [9.17, 15) is 13.2 Å². The van der Waals surface area contributed by atoms with Crippen molar-refractivity contribution < 1.29 is 13.2 Å². The van der Waals surface area contributed by atoms with Crippen LogP contribution >= 0.6 is 23.8 Å². The smallest absolute Gasteiger partial charge is 0.281 e. The van der Waals surface area contributed by atoms with E-state index in [1.54, 1.807) is 33.7 Å². The third kappa shape index (κ3) is 4.28. The lowest BCUT2D eigenvalue weighted by Crippen LogP contribution is -2.53.